The summed E-state index contributed by atoms with van der Waals surface area (Å²) in [5.74, 6) is 1.01. The second kappa shape index (κ2) is 9.53. The normalized spacial score (nSPS) is 12.0. The quantitative estimate of drug-likeness (QED) is 0.718. The number of likely N-dealkylation sites (N-methyl/N-ethyl adjacent to an activating group) is 1. The Kier molecular flexibility index (Phi) is 7.40. The number of amides is 1. The molecule has 0 fully saturated rings. The Balaban J connectivity index is 1.91. The van der Waals surface area contributed by atoms with Crippen LogP contribution in [0.5, 0.6) is 11.6 Å². The van der Waals surface area contributed by atoms with E-state index in [2.05, 4.69) is 51.9 Å². The van der Waals surface area contributed by atoms with Crippen molar-refractivity contribution in [2.75, 3.05) is 19.6 Å². The van der Waals surface area contributed by atoms with Crippen LogP contribution in [-0.2, 0) is 0 Å². The molecule has 1 amide bonds. The van der Waals surface area contributed by atoms with Crippen LogP contribution >= 0.6 is 15.9 Å². The van der Waals surface area contributed by atoms with Gasteiger partial charge in [0.1, 0.15) is 5.75 Å². The van der Waals surface area contributed by atoms with Gasteiger partial charge in [0.2, 0.25) is 5.88 Å². The zero-order valence-electron chi connectivity index (χ0n) is 14.8. The van der Waals surface area contributed by atoms with Crippen LogP contribution in [-0.4, -0.2) is 41.5 Å². The number of rotatable bonds is 8. The lowest BCUT2D eigenvalue weighted by Gasteiger charge is -2.26. The molecule has 25 heavy (non-hydrogen) atoms. The molecule has 0 aliphatic heterocycles. The summed E-state index contributed by atoms with van der Waals surface area (Å²) in [6.45, 7) is 8.90. The topological polar surface area (TPSA) is 54.5 Å². The molecule has 2 rings (SSSR count). The Bertz CT molecular complexity index is 687. The highest BCUT2D eigenvalue weighted by Gasteiger charge is 2.12. The van der Waals surface area contributed by atoms with E-state index < -0.39 is 0 Å². The number of nitrogens with zero attached hydrogens (tertiary/aromatic N) is 2. The van der Waals surface area contributed by atoms with E-state index in [0.717, 1.165) is 17.6 Å². The second-order valence-corrected chi connectivity index (χ2v) is 6.64. The van der Waals surface area contributed by atoms with Gasteiger partial charge in [0.15, 0.2) is 0 Å². The van der Waals surface area contributed by atoms with Crippen molar-refractivity contribution in [1.29, 1.82) is 0 Å². The van der Waals surface area contributed by atoms with Crippen LogP contribution in [0.1, 0.15) is 31.1 Å². The zero-order valence-corrected chi connectivity index (χ0v) is 16.4. The molecule has 5 nitrogen and oxygen atoms in total. The van der Waals surface area contributed by atoms with Crippen LogP contribution in [0.2, 0.25) is 0 Å². The summed E-state index contributed by atoms with van der Waals surface area (Å²) in [5, 5.41) is 2.96. The molecule has 0 saturated heterocycles. The smallest absolute Gasteiger partial charge is 0.252 e. The number of aromatic nitrogens is 1. The van der Waals surface area contributed by atoms with Gasteiger partial charge in [0.05, 0.1) is 5.56 Å². The molecular formula is C19H24BrN3O2. The molecule has 6 heteroatoms. The van der Waals surface area contributed by atoms with E-state index >= 15 is 0 Å². The molecule has 1 heterocycles. The molecule has 0 bridgehead atoms. The number of nitrogens with one attached hydrogen (secondary N) is 1. The molecule has 0 aliphatic rings. The Morgan fingerprint density at radius 3 is 2.64 bits per heavy atom. The molecule has 1 N–H and O–H groups in total. The predicted octanol–water partition coefficient (Wildman–Crippen LogP) is 4.10. The van der Waals surface area contributed by atoms with Crippen molar-refractivity contribution in [3.8, 4) is 11.6 Å². The van der Waals surface area contributed by atoms with Crippen LogP contribution in [0.25, 0.3) is 0 Å². The summed E-state index contributed by atoms with van der Waals surface area (Å²) < 4.78 is 6.61. The first-order valence-electron chi connectivity index (χ1n) is 8.45. The maximum Gasteiger partial charge on any atom is 0.252 e. The molecule has 1 unspecified atom stereocenters. The van der Waals surface area contributed by atoms with Gasteiger partial charge in [-0.3, -0.25) is 9.69 Å². The van der Waals surface area contributed by atoms with Crippen LogP contribution < -0.4 is 10.1 Å². The molecule has 0 radical (unpaired) electrons. The fourth-order valence-electron chi connectivity index (χ4n) is 2.54. The maximum atomic E-state index is 12.2. The van der Waals surface area contributed by atoms with Gasteiger partial charge in [-0.25, -0.2) is 4.98 Å². The van der Waals surface area contributed by atoms with E-state index in [1.54, 1.807) is 12.1 Å². The Hall–Kier alpha value is -1.92. The molecule has 1 aromatic heterocycles. The van der Waals surface area contributed by atoms with Crippen LogP contribution in [0.4, 0.5) is 0 Å². The minimum atomic E-state index is -0.125. The number of hydrogen-bond donors (Lipinski definition) is 1. The highest BCUT2D eigenvalue weighted by molar-refractivity contribution is 9.10. The van der Waals surface area contributed by atoms with E-state index in [4.69, 9.17) is 4.74 Å². The average molecular weight is 406 g/mol. The number of hydrogen-bond acceptors (Lipinski definition) is 4. The van der Waals surface area contributed by atoms with Crippen molar-refractivity contribution in [1.82, 2.24) is 15.2 Å². The van der Waals surface area contributed by atoms with E-state index in [0.29, 0.717) is 29.8 Å². The Labute approximate surface area is 157 Å². The number of pyridine rings is 1. The monoisotopic (exact) mass is 405 g/mol. The van der Waals surface area contributed by atoms with Crippen molar-refractivity contribution < 1.29 is 9.53 Å². The predicted molar refractivity (Wildman–Crippen MR) is 103 cm³/mol. The minimum Gasteiger partial charge on any atom is -0.439 e. The lowest BCUT2D eigenvalue weighted by molar-refractivity contribution is 0.0937. The molecule has 0 saturated carbocycles. The number of ether oxygens (including phenoxy) is 1. The summed E-state index contributed by atoms with van der Waals surface area (Å²) in [4.78, 5) is 18.8. The third-order valence-electron chi connectivity index (χ3n) is 4.01. The first-order chi connectivity index (χ1) is 12.0. The lowest BCUT2D eigenvalue weighted by atomic mass is 10.2. The second-order valence-electron chi connectivity index (χ2n) is 5.72. The molecule has 1 aromatic carbocycles. The standard InChI is InChI=1S/C19H24BrN3O2/c1-4-23(5-2)14(3)12-22-19(24)15-9-10-18(21-13-15)25-17-8-6-7-16(20)11-17/h6-11,13-14H,4-5,12H2,1-3H3,(H,22,24). The van der Waals surface area contributed by atoms with E-state index in [1.165, 1.54) is 6.20 Å². The number of halogens is 1. The Morgan fingerprint density at radius 2 is 2.04 bits per heavy atom. The lowest BCUT2D eigenvalue weighted by Crippen LogP contribution is -2.42. The maximum absolute atomic E-state index is 12.2. The molecule has 2 aromatic rings. The fourth-order valence-corrected chi connectivity index (χ4v) is 2.92. The first kappa shape index (κ1) is 19.4. The largest absolute Gasteiger partial charge is 0.439 e. The molecule has 0 aliphatic carbocycles. The van der Waals surface area contributed by atoms with Gasteiger partial charge in [-0.2, -0.15) is 0 Å². The van der Waals surface area contributed by atoms with Crippen molar-refractivity contribution >= 4 is 21.8 Å². The van der Waals surface area contributed by atoms with Gasteiger partial charge in [-0.1, -0.05) is 35.8 Å². The van der Waals surface area contributed by atoms with Crippen LogP contribution in [0.15, 0.2) is 47.1 Å². The van der Waals surface area contributed by atoms with Gasteiger partial charge >= 0.3 is 0 Å². The van der Waals surface area contributed by atoms with Gasteiger partial charge in [-0.05, 0) is 44.3 Å². The van der Waals surface area contributed by atoms with Gasteiger partial charge in [0.25, 0.3) is 5.91 Å². The van der Waals surface area contributed by atoms with Crippen molar-refractivity contribution in [3.63, 3.8) is 0 Å². The van der Waals surface area contributed by atoms with Crippen molar-refractivity contribution in [3.05, 3.63) is 52.6 Å². The van der Waals surface area contributed by atoms with Crippen molar-refractivity contribution in [2.24, 2.45) is 0 Å². The first-order valence-corrected chi connectivity index (χ1v) is 9.24. The highest BCUT2D eigenvalue weighted by Crippen LogP contribution is 2.22. The summed E-state index contributed by atoms with van der Waals surface area (Å²) in [6, 6.07) is 11.2. The van der Waals surface area contributed by atoms with E-state index in [1.807, 2.05) is 24.3 Å². The third kappa shape index (κ3) is 5.83. The number of carbonyl (C=O) groups excluding carboxylic acids is 1. The number of carbonyl (C=O) groups is 1. The minimum absolute atomic E-state index is 0.125. The Morgan fingerprint density at radius 1 is 1.28 bits per heavy atom. The highest BCUT2D eigenvalue weighted by atomic mass is 79.9. The molecule has 0 spiro atoms. The zero-order chi connectivity index (χ0) is 18.2. The van der Waals surface area contributed by atoms with Gasteiger partial charge in [-0.15, -0.1) is 0 Å². The average Bonchev–Trinajstić information content (AvgIpc) is 2.61. The summed E-state index contributed by atoms with van der Waals surface area (Å²) in [6.07, 6.45) is 1.53. The SMILES string of the molecule is CCN(CC)C(C)CNC(=O)c1ccc(Oc2cccc(Br)c2)nc1. The third-order valence-corrected chi connectivity index (χ3v) is 4.50. The van der Waals surface area contributed by atoms with Crippen LogP contribution in [0.3, 0.4) is 0 Å². The van der Waals surface area contributed by atoms with E-state index in [9.17, 15) is 4.79 Å². The molecular weight excluding hydrogens is 382 g/mol. The van der Waals surface area contributed by atoms with Gasteiger partial charge in [0, 0.05) is 29.3 Å². The molecule has 134 valence electrons. The van der Waals surface area contributed by atoms with E-state index in [-0.39, 0.29) is 5.91 Å². The van der Waals surface area contributed by atoms with Crippen LogP contribution in [0, 0.1) is 0 Å². The summed E-state index contributed by atoms with van der Waals surface area (Å²) in [7, 11) is 0. The van der Waals surface area contributed by atoms with Crippen molar-refractivity contribution in [2.45, 2.75) is 26.8 Å². The summed E-state index contributed by atoms with van der Waals surface area (Å²) >= 11 is 3.40. The molecule has 1 atom stereocenters. The van der Waals surface area contributed by atoms with Gasteiger partial charge < -0.3 is 10.1 Å². The number of benzene rings is 1. The summed E-state index contributed by atoms with van der Waals surface area (Å²) in [5.41, 5.74) is 0.522. The fraction of sp³-hybridized carbons (Fsp3) is 0.368.